The third-order valence-corrected chi connectivity index (χ3v) is 13.8. The lowest BCUT2D eigenvalue weighted by Gasteiger charge is -2.38. The Kier molecular flexibility index (Phi) is 8.41. The topological polar surface area (TPSA) is 44.8 Å². The van der Waals surface area contributed by atoms with Crippen molar-refractivity contribution in [2.45, 2.75) is 58.3 Å². The molecule has 2 aromatic carbocycles. The second kappa shape index (κ2) is 10.2. The fourth-order valence-electron chi connectivity index (χ4n) is 3.48. The second-order valence-electron chi connectivity index (χ2n) is 9.74. The molecule has 0 fully saturated rings. The van der Waals surface area contributed by atoms with Crippen molar-refractivity contribution in [1.82, 2.24) is 0 Å². The zero-order chi connectivity index (χ0) is 22.4. The SMILES string of the molecule is C[Si](C)(C)O[Si](C)(CCCOc1cccc(C(=O)c2ccccc2)c1)O[Si](C)(C)C. The number of ketones is 1. The smallest absolute Gasteiger partial charge is 0.314 e. The second-order valence-corrected chi connectivity index (χ2v) is 22.6. The quantitative estimate of drug-likeness (QED) is 0.219. The molecule has 30 heavy (non-hydrogen) atoms. The number of benzene rings is 2. The van der Waals surface area contributed by atoms with Crippen molar-refractivity contribution < 1.29 is 17.8 Å². The molecule has 0 radical (unpaired) electrons. The summed E-state index contributed by atoms with van der Waals surface area (Å²) < 4.78 is 19.1. The van der Waals surface area contributed by atoms with Crippen LogP contribution in [-0.2, 0) is 8.23 Å². The summed E-state index contributed by atoms with van der Waals surface area (Å²) in [4.78, 5) is 12.7. The Balaban J connectivity index is 1.96. The van der Waals surface area contributed by atoms with Crippen molar-refractivity contribution in [2.75, 3.05) is 6.61 Å². The predicted octanol–water partition coefficient (Wildman–Crippen LogP) is 6.46. The monoisotopic (exact) mass is 460 g/mol. The van der Waals surface area contributed by atoms with Crippen LogP contribution in [0.5, 0.6) is 5.75 Å². The molecule has 0 aromatic heterocycles. The van der Waals surface area contributed by atoms with Gasteiger partial charge in [-0.1, -0.05) is 42.5 Å². The van der Waals surface area contributed by atoms with E-state index in [-0.39, 0.29) is 5.78 Å². The van der Waals surface area contributed by atoms with Gasteiger partial charge in [-0.3, -0.25) is 4.79 Å². The van der Waals surface area contributed by atoms with Gasteiger partial charge in [0.2, 0.25) is 0 Å². The standard InChI is InChI=1S/C23H36O4Si3/c1-28(2,3)26-30(7,27-29(4,5)6)18-12-17-25-22-16-11-15-21(19-22)23(24)20-13-9-8-10-14-20/h8-11,13-16,19H,12,17-18H2,1-7H3. The summed E-state index contributed by atoms with van der Waals surface area (Å²) in [6.07, 6.45) is 0.870. The molecular formula is C23H36O4Si3. The van der Waals surface area contributed by atoms with Crippen LogP contribution in [-0.4, -0.2) is 37.6 Å². The van der Waals surface area contributed by atoms with Crippen LogP contribution in [0.4, 0.5) is 0 Å². The Morgan fingerprint density at radius 3 is 1.90 bits per heavy atom. The Bertz CT molecular complexity index is 810. The molecule has 0 N–H and O–H groups in total. The van der Waals surface area contributed by atoms with E-state index in [2.05, 4.69) is 45.8 Å². The summed E-state index contributed by atoms with van der Waals surface area (Å²) in [7, 11) is -5.62. The third-order valence-electron chi connectivity index (χ3n) is 4.22. The van der Waals surface area contributed by atoms with E-state index in [0.717, 1.165) is 18.2 Å². The van der Waals surface area contributed by atoms with E-state index < -0.39 is 25.2 Å². The van der Waals surface area contributed by atoms with Crippen LogP contribution in [0.2, 0.25) is 51.9 Å². The molecule has 0 aliphatic carbocycles. The number of rotatable bonds is 11. The lowest BCUT2D eigenvalue weighted by molar-refractivity contribution is 0.103. The Labute approximate surface area is 185 Å². The molecule has 0 saturated carbocycles. The van der Waals surface area contributed by atoms with Crippen molar-refractivity contribution in [3.8, 4) is 5.75 Å². The lowest BCUT2D eigenvalue weighted by atomic mass is 10.0. The molecule has 2 aromatic rings. The first-order valence-electron chi connectivity index (χ1n) is 10.6. The number of hydrogen-bond donors (Lipinski definition) is 0. The average molecular weight is 461 g/mol. The molecule has 0 bridgehead atoms. The van der Waals surface area contributed by atoms with Gasteiger partial charge in [0, 0.05) is 11.1 Å². The minimum Gasteiger partial charge on any atom is -0.494 e. The predicted molar refractivity (Wildman–Crippen MR) is 132 cm³/mol. The largest absolute Gasteiger partial charge is 0.494 e. The van der Waals surface area contributed by atoms with Crippen LogP contribution < -0.4 is 4.74 Å². The van der Waals surface area contributed by atoms with Crippen molar-refractivity contribution in [3.05, 3.63) is 65.7 Å². The molecule has 2 rings (SSSR count). The van der Waals surface area contributed by atoms with Gasteiger partial charge in [0.05, 0.1) is 6.61 Å². The van der Waals surface area contributed by atoms with Gasteiger partial charge in [0.25, 0.3) is 0 Å². The van der Waals surface area contributed by atoms with Gasteiger partial charge in [0.15, 0.2) is 22.4 Å². The normalized spacial score (nSPS) is 12.6. The highest BCUT2D eigenvalue weighted by atomic mass is 28.5. The van der Waals surface area contributed by atoms with E-state index in [1.807, 2.05) is 54.6 Å². The fourth-order valence-corrected chi connectivity index (χ4v) is 16.0. The molecule has 0 amide bonds. The Hall–Kier alpha value is -1.52. The van der Waals surface area contributed by atoms with Crippen LogP contribution >= 0.6 is 0 Å². The van der Waals surface area contributed by atoms with Gasteiger partial charge < -0.3 is 13.0 Å². The zero-order valence-electron chi connectivity index (χ0n) is 19.5. The van der Waals surface area contributed by atoms with Gasteiger partial charge in [-0.05, 0) is 70.4 Å². The van der Waals surface area contributed by atoms with Gasteiger partial charge in [-0.25, -0.2) is 0 Å². The van der Waals surface area contributed by atoms with Gasteiger partial charge in [0.1, 0.15) is 5.75 Å². The molecule has 0 atom stereocenters. The average Bonchev–Trinajstić information content (AvgIpc) is 2.62. The summed E-state index contributed by atoms with van der Waals surface area (Å²) >= 11 is 0. The Morgan fingerprint density at radius 1 is 0.767 bits per heavy atom. The summed E-state index contributed by atoms with van der Waals surface area (Å²) in [5.41, 5.74) is 1.32. The van der Waals surface area contributed by atoms with E-state index in [1.54, 1.807) is 0 Å². The maximum atomic E-state index is 12.7. The minimum atomic E-state index is -2.24. The first kappa shape index (κ1) is 24.7. The first-order chi connectivity index (χ1) is 13.9. The zero-order valence-corrected chi connectivity index (χ0v) is 22.5. The highest BCUT2D eigenvalue weighted by Crippen LogP contribution is 2.26. The highest BCUT2D eigenvalue weighted by Gasteiger charge is 2.39. The van der Waals surface area contributed by atoms with Crippen molar-refractivity contribution in [2.24, 2.45) is 0 Å². The van der Waals surface area contributed by atoms with Crippen LogP contribution in [0.1, 0.15) is 22.3 Å². The van der Waals surface area contributed by atoms with E-state index >= 15 is 0 Å². The number of hydrogen-bond acceptors (Lipinski definition) is 4. The van der Waals surface area contributed by atoms with Gasteiger partial charge >= 0.3 is 8.56 Å². The Morgan fingerprint density at radius 2 is 1.33 bits per heavy atom. The molecule has 0 spiro atoms. The summed E-state index contributed by atoms with van der Waals surface area (Å²) in [5, 5.41) is 0. The molecule has 7 heteroatoms. The number of carbonyl (C=O) groups is 1. The van der Waals surface area contributed by atoms with Crippen LogP contribution in [0, 0.1) is 0 Å². The highest BCUT2D eigenvalue weighted by molar-refractivity contribution is 6.87. The van der Waals surface area contributed by atoms with E-state index in [0.29, 0.717) is 17.7 Å². The van der Waals surface area contributed by atoms with Crippen molar-refractivity contribution >= 4 is 31.0 Å². The summed E-state index contributed by atoms with van der Waals surface area (Å²) in [5.74, 6) is 0.727. The maximum Gasteiger partial charge on any atom is 0.314 e. The fraction of sp³-hybridized carbons (Fsp3) is 0.435. The summed E-state index contributed by atoms with van der Waals surface area (Å²) in [6.45, 7) is 16.1. The van der Waals surface area contributed by atoms with E-state index in [4.69, 9.17) is 13.0 Å². The van der Waals surface area contributed by atoms with E-state index in [9.17, 15) is 4.79 Å². The molecule has 0 aliphatic rings. The lowest BCUT2D eigenvalue weighted by Crippen LogP contribution is -2.52. The summed E-state index contributed by atoms with van der Waals surface area (Å²) in [6, 6.07) is 17.6. The molecule has 0 saturated heterocycles. The van der Waals surface area contributed by atoms with Gasteiger partial charge in [-0.15, -0.1) is 0 Å². The molecule has 164 valence electrons. The number of ether oxygens (including phenoxy) is 1. The minimum absolute atomic E-state index is 0.00750. The molecule has 0 unspecified atom stereocenters. The van der Waals surface area contributed by atoms with Crippen LogP contribution in [0.25, 0.3) is 0 Å². The molecule has 0 aliphatic heterocycles. The maximum absolute atomic E-state index is 12.7. The van der Waals surface area contributed by atoms with Crippen molar-refractivity contribution in [1.29, 1.82) is 0 Å². The van der Waals surface area contributed by atoms with Crippen LogP contribution in [0.3, 0.4) is 0 Å². The number of carbonyl (C=O) groups excluding carboxylic acids is 1. The van der Waals surface area contributed by atoms with Gasteiger partial charge in [-0.2, -0.15) is 0 Å². The van der Waals surface area contributed by atoms with Crippen molar-refractivity contribution in [3.63, 3.8) is 0 Å². The van der Waals surface area contributed by atoms with Crippen LogP contribution in [0.15, 0.2) is 54.6 Å². The molecule has 4 nitrogen and oxygen atoms in total. The molecule has 0 heterocycles. The van der Waals surface area contributed by atoms with E-state index in [1.165, 1.54) is 0 Å². The first-order valence-corrected chi connectivity index (χ1v) is 19.9. The molecular weight excluding hydrogens is 425 g/mol. The third kappa shape index (κ3) is 8.69.